The van der Waals surface area contributed by atoms with Crippen LogP contribution in [0.4, 0.5) is 0 Å². The number of hydrogen-bond donors (Lipinski definition) is 0. The van der Waals surface area contributed by atoms with E-state index in [4.69, 9.17) is 0 Å². The van der Waals surface area contributed by atoms with E-state index in [1.807, 2.05) is 0 Å². The van der Waals surface area contributed by atoms with Gasteiger partial charge in [-0.2, -0.15) is 0 Å². The van der Waals surface area contributed by atoms with Gasteiger partial charge in [0.1, 0.15) is 0 Å². The predicted octanol–water partition coefficient (Wildman–Crippen LogP) is 4.11. The molecule has 1 heteroatoms. The molecule has 92 valence electrons. The van der Waals surface area contributed by atoms with Gasteiger partial charge in [-0.25, -0.2) is 0 Å². The molecule has 0 saturated heterocycles. The lowest BCUT2D eigenvalue weighted by atomic mass is 10.1. The van der Waals surface area contributed by atoms with Gasteiger partial charge in [0.25, 0.3) is 0 Å². The van der Waals surface area contributed by atoms with Gasteiger partial charge >= 0.3 is 0 Å². The molecule has 0 radical (unpaired) electrons. The molecule has 0 aromatic heterocycles. The molecule has 0 spiro atoms. The molecule has 0 saturated carbocycles. The Hall–Kier alpha value is -1.60. The molecule has 18 heavy (non-hydrogen) atoms. The molecule has 2 rings (SSSR count). The third kappa shape index (κ3) is 2.46. The minimum atomic E-state index is -1.57. The van der Waals surface area contributed by atoms with Crippen LogP contribution in [-0.2, 0) is 0 Å². The summed E-state index contributed by atoms with van der Waals surface area (Å²) in [7, 11) is -1.57. The highest BCUT2D eigenvalue weighted by atomic mass is 28.3. The van der Waals surface area contributed by atoms with Gasteiger partial charge in [-0.15, -0.1) is 6.58 Å². The van der Waals surface area contributed by atoms with Crippen LogP contribution in [0.3, 0.4) is 0 Å². The van der Waals surface area contributed by atoms with E-state index in [9.17, 15) is 0 Å². The summed E-state index contributed by atoms with van der Waals surface area (Å²) >= 11 is 0. The Morgan fingerprint density at radius 3 is 1.89 bits per heavy atom. The Kier molecular flexibility index (Phi) is 3.83. The van der Waals surface area contributed by atoms with E-state index in [0.717, 1.165) is 0 Å². The first-order chi connectivity index (χ1) is 8.66. The molecule has 0 heterocycles. The molecule has 0 nitrogen and oxygen atoms in total. The van der Waals surface area contributed by atoms with Gasteiger partial charge in [0, 0.05) is 5.54 Å². The summed E-state index contributed by atoms with van der Waals surface area (Å²) in [5.41, 5.74) is 1.84. The third-order valence-electron chi connectivity index (χ3n) is 3.69. The van der Waals surface area contributed by atoms with Crippen molar-refractivity contribution in [2.24, 2.45) is 0 Å². The van der Waals surface area contributed by atoms with Crippen LogP contribution in [0.1, 0.15) is 11.1 Å². The lowest BCUT2D eigenvalue weighted by molar-refractivity contribution is 1.15. The second-order valence-electron chi connectivity index (χ2n) is 5.21. The Labute approximate surface area is 111 Å². The van der Waals surface area contributed by atoms with Crippen LogP contribution in [-0.4, -0.2) is 8.07 Å². The molecule has 2 aromatic carbocycles. The lowest BCUT2D eigenvalue weighted by Crippen LogP contribution is -2.46. The van der Waals surface area contributed by atoms with E-state index in [2.05, 4.69) is 86.4 Å². The first kappa shape index (κ1) is 12.8. The van der Waals surface area contributed by atoms with E-state index in [0.29, 0.717) is 5.54 Å². The minimum absolute atomic E-state index is 0.459. The monoisotopic (exact) mass is 252 g/mol. The standard InChI is InChI=1S/C17H20Si/c1-4-17(15-11-7-5-8-12-15)18(2,3)16-13-9-6-10-14-16/h4-14,17H,1H2,2-3H3/t17-/m1/s1. The summed E-state index contributed by atoms with van der Waals surface area (Å²) in [6.45, 7) is 8.90. The fourth-order valence-corrected chi connectivity index (χ4v) is 5.58. The van der Waals surface area contributed by atoms with Crippen LogP contribution in [0.25, 0.3) is 0 Å². The molecule has 0 bridgehead atoms. The van der Waals surface area contributed by atoms with E-state index in [1.165, 1.54) is 10.8 Å². The van der Waals surface area contributed by atoms with Crippen molar-refractivity contribution < 1.29 is 0 Å². The topological polar surface area (TPSA) is 0 Å². The molecule has 0 aliphatic heterocycles. The molecule has 0 N–H and O–H groups in total. The predicted molar refractivity (Wildman–Crippen MR) is 82.9 cm³/mol. The first-order valence-corrected chi connectivity index (χ1v) is 9.47. The Morgan fingerprint density at radius 1 is 0.889 bits per heavy atom. The van der Waals surface area contributed by atoms with Crippen molar-refractivity contribution in [1.82, 2.24) is 0 Å². The van der Waals surface area contributed by atoms with E-state index < -0.39 is 8.07 Å². The smallest absolute Gasteiger partial charge is 0.0919 e. The lowest BCUT2D eigenvalue weighted by Gasteiger charge is -2.31. The first-order valence-electron chi connectivity index (χ1n) is 6.39. The summed E-state index contributed by atoms with van der Waals surface area (Å²) in [4.78, 5) is 0. The third-order valence-corrected chi connectivity index (χ3v) is 7.64. The fraction of sp³-hybridized carbons (Fsp3) is 0.176. The summed E-state index contributed by atoms with van der Waals surface area (Å²) < 4.78 is 0. The van der Waals surface area contributed by atoms with E-state index in [-0.39, 0.29) is 0 Å². The van der Waals surface area contributed by atoms with Gasteiger partial charge < -0.3 is 0 Å². The molecule has 0 fully saturated rings. The van der Waals surface area contributed by atoms with Gasteiger partial charge in [0.15, 0.2) is 0 Å². The van der Waals surface area contributed by atoms with Crippen LogP contribution < -0.4 is 5.19 Å². The quantitative estimate of drug-likeness (QED) is 0.567. The van der Waals surface area contributed by atoms with Crippen molar-refractivity contribution in [2.45, 2.75) is 18.6 Å². The maximum atomic E-state index is 4.06. The van der Waals surface area contributed by atoms with Crippen molar-refractivity contribution >= 4 is 13.3 Å². The van der Waals surface area contributed by atoms with Crippen molar-refractivity contribution in [3.8, 4) is 0 Å². The average molecular weight is 252 g/mol. The molecular formula is C17H20Si. The fourth-order valence-electron chi connectivity index (χ4n) is 2.56. The molecular weight excluding hydrogens is 232 g/mol. The maximum Gasteiger partial charge on any atom is 0.0919 e. The number of hydrogen-bond acceptors (Lipinski definition) is 0. The van der Waals surface area contributed by atoms with Crippen LogP contribution >= 0.6 is 0 Å². The zero-order valence-electron chi connectivity index (χ0n) is 11.1. The van der Waals surface area contributed by atoms with Crippen LogP contribution in [0.15, 0.2) is 73.3 Å². The normalized spacial score (nSPS) is 13.0. The van der Waals surface area contributed by atoms with Gasteiger partial charge in [-0.3, -0.25) is 0 Å². The molecule has 0 amide bonds. The number of benzene rings is 2. The number of rotatable bonds is 4. The zero-order chi connectivity index (χ0) is 13.0. The molecule has 0 unspecified atom stereocenters. The second-order valence-corrected chi connectivity index (χ2v) is 9.85. The SMILES string of the molecule is C=C[C@H](c1ccccc1)[Si](C)(C)c1ccccc1. The van der Waals surface area contributed by atoms with Crippen molar-refractivity contribution in [3.05, 3.63) is 78.9 Å². The van der Waals surface area contributed by atoms with Gasteiger partial charge in [0.2, 0.25) is 0 Å². The average Bonchev–Trinajstić information content (AvgIpc) is 2.41. The van der Waals surface area contributed by atoms with Crippen LogP contribution in [0, 0.1) is 0 Å². The summed E-state index contributed by atoms with van der Waals surface area (Å²) in [5.74, 6) is 0. The van der Waals surface area contributed by atoms with E-state index >= 15 is 0 Å². The highest BCUT2D eigenvalue weighted by molar-refractivity contribution is 6.91. The Bertz CT molecular complexity index is 500. The largest absolute Gasteiger partial charge is 0.103 e. The minimum Gasteiger partial charge on any atom is -0.103 e. The molecule has 0 aliphatic rings. The Morgan fingerprint density at radius 2 is 1.39 bits per heavy atom. The number of allylic oxidation sites excluding steroid dienone is 1. The highest BCUT2D eigenvalue weighted by Gasteiger charge is 2.32. The highest BCUT2D eigenvalue weighted by Crippen LogP contribution is 2.27. The molecule has 2 aromatic rings. The zero-order valence-corrected chi connectivity index (χ0v) is 12.1. The van der Waals surface area contributed by atoms with Gasteiger partial charge in [-0.05, 0) is 5.56 Å². The van der Waals surface area contributed by atoms with Crippen molar-refractivity contribution in [1.29, 1.82) is 0 Å². The summed E-state index contributed by atoms with van der Waals surface area (Å²) in [6, 6.07) is 21.6. The van der Waals surface area contributed by atoms with E-state index in [1.54, 1.807) is 0 Å². The van der Waals surface area contributed by atoms with Gasteiger partial charge in [-0.1, -0.05) is 85.0 Å². The van der Waals surface area contributed by atoms with Crippen LogP contribution in [0.5, 0.6) is 0 Å². The van der Waals surface area contributed by atoms with Crippen LogP contribution in [0.2, 0.25) is 13.1 Å². The van der Waals surface area contributed by atoms with Gasteiger partial charge in [0.05, 0.1) is 8.07 Å². The van der Waals surface area contributed by atoms with Crippen molar-refractivity contribution in [3.63, 3.8) is 0 Å². The molecule has 1 atom stereocenters. The Balaban J connectivity index is 2.42. The summed E-state index contributed by atoms with van der Waals surface area (Å²) in [6.07, 6.45) is 2.12. The second kappa shape index (κ2) is 5.36. The molecule has 0 aliphatic carbocycles. The van der Waals surface area contributed by atoms with Crippen molar-refractivity contribution in [2.75, 3.05) is 0 Å². The maximum absolute atomic E-state index is 4.06. The summed E-state index contributed by atoms with van der Waals surface area (Å²) in [5, 5.41) is 1.48.